The highest BCUT2D eigenvalue weighted by molar-refractivity contribution is 6.34. The van der Waals surface area contributed by atoms with Gasteiger partial charge in [-0.05, 0) is 12.1 Å². The first-order valence-corrected chi connectivity index (χ1v) is 6.48. The molecule has 108 valence electrons. The normalized spacial score (nSPS) is 10.8. The minimum Gasteiger partial charge on any atom is -0.251 e. The van der Waals surface area contributed by atoms with Crippen molar-refractivity contribution in [1.82, 2.24) is 9.97 Å². The lowest BCUT2D eigenvalue weighted by molar-refractivity contribution is -0.141. The molecule has 2 aromatic rings. The molecule has 0 atom stereocenters. The fourth-order valence-electron chi connectivity index (χ4n) is 1.36. The van der Waals surface area contributed by atoms with Crippen molar-refractivity contribution in [3.8, 4) is 11.1 Å². The number of pyridine rings is 2. The molecule has 0 aliphatic heterocycles. The van der Waals surface area contributed by atoms with Crippen LogP contribution in [0.25, 0.3) is 11.1 Å². The predicted octanol–water partition coefficient (Wildman–Crippen LogP) is 5.50. The molecule has 7 heteroatoms. The summed E-state index contributed by atoms with van der Waals surface area (Å²) >= 11 is 11.6. The Labute approximate surface area is 124 Å². The van der Waals surface area contributed by atoms with E-state index in [0.717, 1.165) is 12.3 Å². The van der Waals surface area contributed by atoms with Gasteiger partial charge in [-0.15, -0.1) is 0 Å². The lowest BCUT2D eigenvalue weighted by atomic mass is 10.1. The molecule has 2 aromatic heterocycles. The molecule has 2 nitrogen and oxygen atoms in total. The van der Waals surface area contributed by atoms with Crippen LogP contribution in [0.3, 0.4) is 0 Å². The zero-order valence-electron chi connectivity index (χ0n) is 10.7. The maximum absolute atomic E-state index is 12.3. The van der Waals surface area contributed by atoms with Crippen LogP contribution in [0.2, 0.25) is 10.2 Å². The topological polar surface area (TPSA) is 25.8 Å². The summed E-state index contributed by atoms with van der Waals surface area (Å²) in [6.45, 7) is 4.00. The van der Waals surface area contributed by atoms with Gasteiger partial charge in [0.05, 0.1) is 5.02 Å². The molecular formula is C13H11Cl2F3N2. The van der Waals surface area contributed by atoms with Crippen molar-refractivity contribution in [3.05, 3.63) is 46.5 Å². The van der Waals surface area contributed by atoms with Crippen molar-refractivity contribution in [3.63, 3.8) is 0 Å². The Kier molecular flexibility index (Phi) is 5.77. The molecule has 2 heterocycles. The van der Waals surface area contributed by atoms with Gasteiger partial charge in [0.15, 0.2) is 0 Å². The van der Waals surface area contributed by atoms with E-state index in [1.165, 1.54) is 18.3 Å². The van der Waals surface area contributed by atoms with Crippen LogP contribution in [0.15, 0.2) is 30.6 Å². The molecule has 0 bridgehead atoms. The third kappa shape index (κ3) is 4.08. The third-order valence-electron chi connectivity index (χ3n) is 2.19. The van der Waals surface area contributed by atoms with Gasteiger partial charge >= 0.3 is 6.18 Å². The average molecular weight is 323 g/mol. The van der Waals surface area contributed by atoms with E-state index >= 15 is 0 Å². The fourth-order valence-corrected chi connectivity index (χ4v) is 1.73. The maximum atomic E-state index is 12.3. The van der Waals surface area contributed by atoms with Gasteiger partial charge < -0.3 is 0 Å². The molecule has 2 rings (SSSR count). The zero-order valence-corrected chi connectivity index (χ0v) is 12.2. The first kappa shape index (κ1) is 16.7. The summed E-state index contributed by atoms with van der Waals surface area (Å²) in [4.78, 5) is 7.10. The van der Waals surface area contributed by atoms with Gasteiger partial charge in [-0.3, -0.25) is 4.98 Å². The van der Waals surface area contributed by atoms with E-state index in [0.29, 0.717) is 16.1 Å². The van der Waals surface area contributed by atoms with Gasteiger partial charge in [-0.2, -0.15) is 13.2 Å². The lowest BCUT2D eigenvalue weighted by Crippen LogP contribution is -2.07. The summed E-state index contributed by atoms with van der Waals surface area (Å²) in [6, 6.07) is 3.64. The Bertz CT molecular complexity index is 569. The van der Waals surface area contributed by atoms with Gasteiger partial charge in [0.25, 0.3) is 0 Å². The lowest BCUT2D eigenvalue weighted by Gasteiger charge is -2.07. The number of aromatic nitrogens is 2. The van der Waals surface area contributed by atoms with E-state index in [-0.39, 0.29) is 5.15 Å². The summed E-state index contributed by atoms with van der Waals surface area (Å²) < 4.78 is 37.0. The van der Waals surface area contributed by atoms with E-state index in [9.17, 15) is 13.2 Å². The minimum absolute atomic E-state index is 0.203. The van der Waals surface area contributed by atoms with Crippen LogP contribution in [-0.2, 0) is 6.18 Å². The fraction of sp³-hybridized carbons (Fsp3) is 0.231. The molecule has 0 aromatic carbocycles. The van der Waals surface area contributed by atoms with Gasteiger partial charge in [0.1, 0.15) is 10.8 Å². The van der Waals surface area contributed by atoms with Crippen molar-refractivity contribution in [1.29, 1.82) is 0 Å². The predicted molar refractivity (Wildman–Crippen MR) is 73.8 cm³/mol. The highest BCUT2D eigenvalue weighted by atomic mass is 35.5. The van der Waals surface area contributed by atoms with E-state index in [1.807, 2.05) is 13.8 Å². The molecule has 0 saturated heterocycles. The Hall–Kier alpha value is -1.33. The first-order chi connectivity index (χ1) is 9.38. The van der Waals surface area contributed by atoms with Crippen molar-refractivity contribution >= 4 is 23.2 Å². The quantitative estimate of drug-likeness (QED) is 0.648. The number of halogens is 5. The standard InChI is InChI=1S/C11H5Cl2F3N2.C2H6/c12-8-5-18-10(13)3-7(8)6-1-2-9(17-4-6)11(14,15)16;1-2/h1-5H;1-2H3. The Balaban J connectivity index is 0.000000956. The zero-order chi connectivity index (χ0) is 15.3. The van der Waals surface area contributed by atoms with Crippen LogP contribution in [0.1, 0.15) is 19.5 Å². The SMILES string of the molecule is CC.FC(F)(F)c1ccc(-c2cc(Cl)ncc2Cl)cn1. The van der Waals surface area contributed by atoms with Gasteiger partial charge in [0, 0.05) is 23.5 Å². The first-order valence-electron chi connectivity index (χ1n) is 5.72. The van der Waals surface area contributed by atoms with Crippen LogP contribution in [0, 0.1) is 0 Å². The molecule has 0 radical (unpaired) electrons. The van der Waals surface area contributed by atoms with Crippen LogP contribution in [-0.4, -0.2) is 9.97 Å². The molecule has 0 unspecified atom stereocenters. The molecule has 0 N–H and O–H groups in total. The van der Waals surface area contributed by atoms with E-state index in [1.54, 1.807) is 0 Å². The van der Waals surface area contributed by atoms with Crippen LogP contribution >= 0.6 is 23.2 Å². The van der Waals surface area contributed by atoms with Crippen LogP contribution in [0.5, 0.6) is 0 Å². The molecule has 0 fully saturated rings. The summed E-state index contributed by atoms with van der Waals surface area (Å²) in [6.07, 6.45) is -2.03. The molecule has 0 aliphatic carbocycles. The largest absolute Gasteiger partial charge is 0.433 e. The van der Waals surface area contributed by atoms with Crippen molar-refractivity contribution in [2.75, 3.05) is 0 Å². The number of nitrogens with zero attached hydrogens (tertiary/aromatic N) is 2. The van der Waals surface area contributed by atoms with E-state index < -0.39 is 11.9 Å². The van der Waals surface area contributed by atoms with Crippen molar-refractivity contribution < 1.29 is 13.2 Å². The highest BCUT2D eigenvalue weighted by Gasteiger charge is 2.32. The van der Waals surface area contributed by atoms with Crippen molar-refractivity contribution in [2.45, 2.75) is 20.0 Å². The van der Waals surface area contributed by atoms with Gasteiger partial charge in [0.2, 0.25) is 0 Å². The summed E-state index contributed by atoms with van der Waals surface area (Å²) in [5, 5.41) is 0.496. The Morgan fingerprint density at radius 3 is 2.15 bits per heavy atom. The van der Waals surface area contributed by atoms with Crippen LogP contribution < -0.4 is 0 Å². The number of rotatable bonds is 1. The smallest absolute Gasteiger partial charge is 0.251 e. The summed E-state index contributed by atoms with van der Waals surface area (Å²) in [5.74, 6) is 0. The Morgan fingerprint density at radius 1 is 1.00 bits per heavy atom. The summed E-state index contributed by atoms with van der Waals surface area (Å²) in [5.41, 5.74) is -0.0299. The molecule has 0 saturated carbocycles. The number of hydrogen-bond donors (Lipinski definition) is 0. The Morgan fingerprint density at radius 2 is 1.65 bits per heavy atom. The number of hydrogen-bond acceptors (Lipinski definition) is 2. The van der Waals surface area contributed by atoms with E-state index in [4.69, 9.17) is 23.2 Å². The highest BCUT2D eigenvalue weighted by Crippen LogP contribution is 2.31. The maximum Gasteiger partial charge on any atom is 0.433 e. The van der Waals surface area contributed by atoms with E-state index in [2.05, 4.69) is 9.97 Å². The molecular weight excluding hydrogens is 312 g/mol. The molecule has 0 spiro atoms. The van der Waals surface area contributed by atoms with Gasteiger partial charge in [-0.25, -0.2) is 4.98 Å². The number of alkyl halides is 3. The minimum atomic E-state index is -4.46. The van der Waals surface area contributed by atoms with Gasteiger partial charge in [-0.1, -0.05) is 43.1 Å². The van der Waals surface area contributed by atoms with Crippen molar-refractivity contribution in [2.24, 2.45) is 0 Å². The molecule has 0 aliphatic rings. The second kappa shape index (κ2) is 6.90. The third-order valence-corrected chi connectivity index (χ3v) is 2.69. The second-order valence-corrected chi connectivity index (χ2v) is 4.21. The summed E-state index contributed by atoms with van der Waals surface area (Å²) in [7, 11) is 0. The van der Waals surface area contributed by atoms with Crippen LogP contribution in [0.4, 0.5) is 13.2 Å². The monoisotopic (exact) mass is 322 g/mol. The molecule has 20 heavy (non-hydrogen) atoms. The average Bonchev–Trinajstić information content (AvgIpc) is 2.43. The second-order valence-electron chi connectivity index (χ2n) is 3.42. The molecule has 0 amide bonds.